The lowest BCUT2D eigenvalue weighted by atomic mass is 9.94. The quantitative estimate of drug-likeness (QED) is 0.340. The van der Waals surface area contributed by atoms with Crippen LogP contribution in [0, 0.1) is 11.6 Å². The second-order valence-electron chi connectivity index (χ2n) is 8.05. The highest BCUT2D eigenvalue weighted by Gasteiger charge is 2.25. The monoisotopic (exact) mass is 489 g/mol. The van der Waals surface area contributed by atoms with E-state index in [2.05, 4.69) is 10.3 Å². The zero-order valence-electron chi connectivity index (χ0n) is 18.2. The number of hydrogen-bond acceptors (Lipinski definition) is 4. The molecule has 5 nitrogen and oxygen atoms in total. The minimum Gasteiger partial charge on any atom is -0.481 e. The van der Waals surface area contributed by atoms with E-state index in [9.17, 15) is 13.6 Å². The molecule has 1 aromatic heterocycles. The van der Waals surface area contributed by atoms with Gasteiger partial charge in [0.2, 0.25) is 0 Å². The summed E-state index contributed by atoms with van der Waals surface area (Å²) in [6.45, 7) is 0.182. The molecular formula is C27H18ClF2N3O2. The maximum Gasteiger partial charge on any atom is 0.307 e. The van der Waals surface area contributed by atoms with Gasteiger partial charge in [0.15, 0.2) is 0 Å². The fraction of sp³-hybridized carbons (Fsp3) is 0.0741. The van der Waals surface area contributed by atoms with Crippen LogP contribution in [0.4, 0.5) is 20.3 Å². The Bertz CT molecular complexity index is 1470. The molecule has 1 aliphatic heterocycles. The number of carboxylic acids is 1. The van der Waals surface area contributed by atoms with Crippen molar-refractivity contribution >= 4 is 34.8 Å². The van der Waals surface area contributed by atoms with Gasteiger partial charge in [0.05, 0.1) is 29.9 Å². The van der Waals surface area contributed by atoms with Gasteiger partial charge in [0, 0.05) is 27.4 Å². The van der Waals surface area contributed by atoms with Crippen LogP contribution in [-0.2, 0) is 17.8 Å². The Labute approximate surface area is 204 Å². The van der Waals surface area contributed by atoms with Crippen molar-refractivity contribution in [1.82, 2.24) is 4.98 Å². The number of carboxylic acid groups (broad SMARTS) is 1. The lowest BCUT2D eigenvalue weighted by Gasteiger charge is -2.14. The molecule has 8 heteroatoms. The molecule has 0 aliphatic carbocycles. The van der Waals surface area contributed by atoms with Gasteiger partial charge in [-0.2, -0.15) is 0 Å². The predicted octanol–water partition coefficient (Wildman–Crippen LogP) is 6.40. The average molecular weight is 490 g/mol. The van der Waals surface area contributed by atoms with Crippen molar-refractivity contribution in [2.45, 2.75) is 13.0 Å². The van der Waals surface area contributed by atoms with E-state index < -0.39 is 17.6 Å². The Morgan fingerprint density at radius 1 is 0.971 bits per heavy atom. The molecular weight excluding hydrogens is 472 g/mol. The Morgan fingerprint density at radius 3 is 2.43 bits per heavy atom. The molecule has 0 amide bonds. The maximum atomic E-state index is 14.7. The molecule has 2 N–H and O–H groups in total. The van der Waals surface area contributed by atoms with Crippen molar-refractivity contribution in [3.05, 3.63) is 112 Å². The number of aromatic nitrogens is 1. The molecule has 0 fully saturated rings. The van der Waals surface area contributed by atoms with Crippen molar-refractivity contribution in [3.63, 3.8) is 0 Å². The molecule has 0 unspecified atom stereocenters. The normalized spacial score (nSPS) is 12.3. The van der Waals surface area contributed by atoms with E-state index in [1.807, 2.05) is 6.07 Å². The number of halogens is 3. The summed E-state index contributed by atoms with van der Waals surface area (Å²) >= 11 is 6.26. The van der Waals surface area contributed by atoms with Crippen LogP contribution in [0.15, 0.2) is 77.8 Å². The van der Waals surface area contributed by atoms with Crippen molar-refractivity contribution in [1.29, 1.82) is 0 Å². The number of benzene rings is 3. The third-order valence-electron chi connectivity index (χ3n) is 5.66. The number of aliphatic imine (C=N–C) groups is 1. The fourth-order valence-corrected chi connectivity index (χ4v) is 4.22. The van der Waals surface area contributed by atoms with Gasteiger partial charge >= 0.3 is 5.97 Å². The molecule has 0 spiro atoms. The van der Waals surface area contributed by atoms with Crippen LogP contribution in [0.25, 0.3) is 11.3 Å². The zero-order chi connectivity index (χ0) is 24.5. The number of fused-ring (bicyclic) bond motifs is 3. The maximum absolute atomic E-state index is 14.7. The number of pyridine rings is 1. The van der Waals surface area contributed by atoms with Crippen LogP contribution in [0.1, 0.15) is 22.3 Å². The molecule has 35 heavy (non-hydrogen) atoms. The Hall–Kier alpha value is -4.10. The summed E-state index contributed by atoms with van der Waals surface area (Å²) in [5.74, 6) is -1.76. The first kappa shape index (κ1) is 22.7. The van der Waals surface area contributed by atoms with E-state index in [4.69, 9.17) is 21.7 Å². The van der Waals surface area contributed by atoms with Gasteiger partial charge in [-0.1, -0.05) is 41.9 Å². The Kier molecular flexibility index (Phi) is 6.01. The average Bonchev–Trinajstić information content (AvgIpc) is 2.97. The molecule has 4 aromatic rings. The van der Waals surface area contributed by atoms with Gasteiger partial charge in [0.1, 0.15) is 17.5 Å². The molecule has 0 saturated carbocycles. The number of nitrogens with zero attached hydrogens (tertiary/aromatic N) is 2. The standard InChI is InChI=1S/C27H18ClF2N3O2/c28-17-7-10-19-20(13-17)27(25-21(29)2-1-3-22(25)30)31-14-16-6-11-23(33-26(16)19)32-18-8-4-15(5-9-18)12-24(34)35/h1-11,13H,12,14H2,(H,32,33)(H,34,35). The van der Waals surface area contributed by atoms with E-state index in [0.717, 1.165) is 11.3 Å². The summed E-state index contributed by atoms with van der Waals surface area (Å²) in [4.78, 5) is 20.2. The Morgan fingerprint density at radius 2 is 1.71 bits per heavy atom. The molecule has 0 saturated heterocycles. The van der Waals surface area contributed by atoms with Crippen LogP contribution in [0.5, 0.6) is 0 Å². The SMILES string of the molecule is O=C(O)Cc1ccc(Nc2ccc3c(n2)-c2ccc(Cl)cc2C(c2c(F)cccc2F)=NC3)cc1. The van der Waals surface area contributed by atoms with E-state index in [0.29, 0.717) is 33.2 Å². The van der Waals surface area contributed by atoms with E-state index >= 15 is 0 Å². The molecule has 3 aromatic carbocycles. The molecule has 1 aliphatic rings. The van der Waals surface area contributed by atoms with Crippen LogP contribution in [-0.4, -0.2) is 21.8 Å². The van der Waals surface area contributed by atoms with Gasteiger partial charge in [-0.3, -0.25) is 9.79 Å². The highest BCUT2D eigenvalue weighted by Crippen LogP contribution is 2.35. The summed E-state index contributed by atoms with van der Waals surface area (Å²) in [6, 6.07) is 19.5. The fourth-order valence-electron chi connectivity index (χ4n) is 4.05. The third kappa shape index (κ3) is 4.63. The number of anilines is 2. The first-order chi connectivity index (χ1) is 16.9. The van der Waals surface area contributed by atoms with Crippen LogP contribution in [0.2, 0.25) is 5.02 Å². The second kappa shape index (κ2) is 9.27. The molecule has 0 atom stereocenters. The predicted molar refractivity (Wildman–Crippen MR) is 131 cm³/mol. The van der Waals surface area contributed by atoms with Crippen LogP contribution in [0.3, 0.4) is 0 Å². The minimum atomic E-state index is -0.895. The summed E-state index contributed by atoms with van der Waals surface area (Å²) < 4.78 is 29.4. The van der Waals surface area contributed by atoms with Gasteiger partial charge < -0.3 is 10.4 Å². The molecule has 174 valence electrons. The first-order valence-corrected chi connectivity index (χ1v) is 11.1. The smallest absolute Gasteiger partial charge is 0.307 e. The lowest BCUT2D eigenvalue weighted by Crippen LogP contribution is -2.10. The van der Waals surface area contributed by atoms with Gasteiger partial charge in [-0.15, -0.1) is 0 Å². The first-order valence-electron chi connectivity index (χ1n) is 10.8. The minimum absolute atomic E-state index is 0.0539. The zero-order valence-corrected chi connectivity index (χ0v) is 19.0. The van der Waals surface area contributed by atoms with E-state index in [1.165, 1.54) is 18.2 Å². The highest BCUT2D eigenvalue weighted by atomic mass is 35.5. The molecule has 0 radical (unpaired) electrons. The molecule has 5 rings (SSSR count). The number of hydrogen-bond donors (Lipinski definition) is 2. The van der Waals surface area contributed by atoms with Crippen molar-refractivity contribution < 1.29 is 18.7 Å². The van der Waals surface area contributed by atoms with Crippen molar-refractivity contribution in [2.75, 3.05) is 5.32 Å². The van der Waals surface area contributed by atoms with Crippen LogP contribution >= 0.6 is 11.6 Å². The van der Waals surface area contributed by atoms with Crippen molar-refractivity contribution in [3.8, 4) is 11.3 Å². The van der Waals surface area contributed by atoms with Gasteiger partial charge in [-0.25, -0.2) is 13.8 Å². The van der Waals surface area contributed by atoms with Gasteiger partial charge in [0.25, 0.3) is 0 Å². The highest BCUT2D eigenvalue weighted by molar-refractivity contribution is 6.31. The number of carbonyl (C=O) groups is 1. The third-order valence-corrected chi connectivity index (χ3v) is 5.89. The summed E-state index contributed by atoms with van der Waals surface area (Å²) in [5, 5.41) is 12.6. The molecule has 2 heterocycles. The summed E-state index contributed by atoms with van der Waals surface area (Å²) in [7, 11) is 0. The topological polar surface area (TPSA) is 74.6 Å². The Balaban J connectivity index is 1.55. The number of rotatable bonds is 5. The van der Waals surface area contributed by atoms with E-state index in [1.54, 1.807) is 48.5 Å². The summed E-state index contributed by atoms with van der Waals surface area (Å²) in [5.41, 5.74) is 3.97. The van der Waals surface area contributed by atoms with Crippen LogP contribution < -0.4 is 5.32 Å². The largest absolute Gasteiger partial charge is 0.481 e. The number of nitrogens with one attached hydrogen (secondary N) is 1. The van der Waals surface area contributed by atoms with E-state index in [-0.39, 0.29) is 24.2 Å². The lowest BCUT2D eigenvalue weighted by molar-refractivity contribution is -0.136. The van der Waals surface area contributed by atoms with Gasteiger partial charge in [-0.05, 0) is 48.0 Å². The summed E-state index contributed by atoms with van der Waals surface area (Å²) in [6.07, 6.45) is -0.0539. The number of aliphatic carboxylic acids is 1. The molecule has 0 bridgehead atoms. The van der Waals surface area contributed by atoms with Crippen molar-refractivity contribution in [2.24, 2.45) is 4.99 Å². The second-order valence-corrected chi connectivity index (χ2v) is 8.48.